The molecule has 0 radical (unpaired) electrons. The van der Waals surface area contributed by atoms with Gasteiger partial charge in [0.15, 0.2) is 0 Å². The molecule has 2 N–H and O–H groups in total. The standard InChI is InChI=1S/C35H45N3O4/c1-25(2)24-42-35(41)38(30-20-18-29(19-21-30)37(3)4)22-26-14-16-27(17-15-26)31-12-8-9-13-32(31)34(40)36-33(23-39)28-10-6-5-7-11-28/h5-7,10-11,14-21,25,31-33,39H,8-9,12-13,22-24H2,1-4H3,(H,36,40). The molecule has 1 fully saturated rings. The van der Waals surface area contributed by atoms with E-state index in [1.807, 2.05) is 87.4 Å². The molecule has 2 amide bonds. The van der Waals surface area contributed by atoms with Crippen LogP contribution in [0, 0.1) is 11.8 Å². The highest BCUT2D eigenvalue weighted by Gasteiger charge is 2.33. The van der Waals surface area contributed by atoms with Crippen LogP contribution in [0.2, 0.25) is 0 Å². The molecule has 3 aromatic carbocycles. The number of carbonyl (C=O) groups excluding carboxylic acids is 2. The van der Waals surface area contributed by atoms with E-state index in [4.69, 9.17) is 4.74 Å². The monoisotopic (exact) mass is 571 g/mol. The van der Waals surface area contributed by atoms with Crippen molar-refractivity contribution < 1.29 is 19.4 Å². The van der Waals surface area contributed by atoms with Crippen LogP contribution in [0.3, 0.4) is 0 Å². The van der Waals surface area contributed by atoms with Gasteiger partial charge in [0.1, 0.15) is 0 Å². The minimum atomic E-state index is -0.420. The quantitative estimate of drug-likeness (QED) is 0.268. The summed E-state index contributed by atoms with van der Waals surface area (Å²) in [4.78, 5) is 30.3. The maximum atomic E-state index is 13.5. The van der Waals surface area contributed by atoms with Crippen LogP contribution in [0.5, 0.6) is 0 Å². The Bertz CT molecular complexity index is 1280. The molecule has 3 aromatic rings. The topological polar surface area (TPSA) is 82.1 Å². The molecule has 7 heteroatoms. The number of hydrogen-bond acceptors (Lipinski definition) is 5. The molecule has 3 atom stereocenters. The minimum absolute atomic E-state index is 0.00748. The van der Waals surface area contributed by atoms with Gasteiger partial charge in [-0.3, -0.25) is 9.69 Å². The first-order valence-corrected chi connectivity index (χ1v) is 15.0. The predicted octanol–water partition coefficient (Wildman–Crippen LogP) is 6.68. The van der Waals surface area contributed by atoms with Gasteiger partial charge < -0.3 is 20.1 Å². The zero-order chi connectivity index (χ0) is 30.1. The Kier molecular flexibility index (Phi) is 11.0. The van der Waals surface area contributed by atoms with Crippen LogP contribution in [-0.4, -0.2) is 44.4 Å². The number of aliphatic hydroxyl groups is 1. The number of hydrogen-bond donors (Lipinski definition) is 2. The average Bonchev–Trinajstić information content (AvgIpc) is 3.02. The highest BCUT2D eigenvalue weighted by molar-refractivity contribution is 5.88. The molecule has 0 bridgehead atoms. The summed E-state index contributed by atoms with van der Waals surface area (Å²) in [6.45, 7) is 4.63. The Morgan fingerprint density at radius 1 is 0.905 bits per heavy atom. The van der Waals surface area contributed by atoms with Gasteiger partial charge in [-0.1, -0.05) is 81.3 Å². The van der Waals surface area contributed by atoms with Gasteiger partial charge in [0.2, 0.25) is 5.91 Å². The Morgan fingerprint density at radius 2 is 1.55 bits per heavy atom. The second kappa shape index (κ2) is 14.9. The number of carbonyl (C=O) groups is 2. The van der Waals surface area contributed by atoms with E-state index >= 15 is 0 Å². The highest BCUT2D eigenvalue weighted by atomic mass is 16.6. The van der Waals surface area contributed by atoms with E-state index in [9.17, 15) is 14.7 Å². The zero-order valence-electron chi connectivity index (χ0n) is 25.3. The fraction of sp³-hybridized carbons (Fsp3) is 0.429. The lowest BCUT2D eigenvalue weighted by Crippen LogP contribution is -2.39. The summed E-state index contributed by atoms with van der Waals surface area (Å²) in [6, 6.07) is 25.4. The van der Waals surface area contributed by atoms with Gasteiger partial charge >= 0.3 is 6.09 Å². The summed E-state index contributed by atoms with van der Waals surface area (Å²) < 4.78 is 5.62. The summed E-state index contributed by atoms with van der Waals surface area (Å²) in [5, 5.41) is 13.1. The summed E-state index contributed by atoms with van der Waals surface area (Å²) in [6.07, 6.45) is 3.49. The van der Waals surface area contributed by atoms with Gasteiger partial charge in [0, 0.05) is 31.4 Å². The number of aliphatic hydroxyl groups excluding tert-OH is 1. The smallest absolute Gasteiger partial charge is 0.414 e. The fourth-order valence-electron chi connectivity index (χ4n) is 5.60. The van der Waals surface area contributed by atoms with Crippen LogP contribution >= 0.6 is 0 Å². The van der Waals surface area contributed by atoms with Crippen LogP contribution in [-0.2, 0) is 16.1 Å². The van der Waals surface area contributed by atoms with Crippen molar-refractivity contribution in [3.63, 3.8) is 0 Å². The van der Waals surface area contributed by atoms with Crippen molar-refractivity contribution in [3.05, 3.63) is 95.6 Å². The van der Waals surface area contributed by atoms with E-state index in [0.29, 0.717) is 13.2 Å². The van der Waals surface area contributed by atoms with E-state index in [0.717, 1.165) is 53.7 Å². The van der Waals surface area contributed by atoms with Gasteiger partial charge in [0.05, 0.1) is 25.8 Å². The Balaban J connectivity index is 1.49. The number of nitrogens with one attached hydrogen (secondary N) is 1. The summed E-state index contributed by atoms with van der Waals surface area (Å²) in [7, 11) is 3.97. The Hall–Kier alpha value is -3.84. The summed E-state index contributed by atoms with van der Waals surface area (Å²) in [5.74, 6) is 0.188. The van der Waals surface area contributed by atoms with E-state index in [2.05, 4.69) is 29.6 Å². The third-order valence-corrected chi connectivity index (χ3v) is 7.99. The first-order chi connectivity index (χ1) is 20.3. The van der Waals surface area contributed by atoms with Crippen molar-refractivity contribution in [2.75, 3.05) is 37.1 Å². The van der Waals surface area contributed by atoms with Gasteiger partial charge in [-0.15, -0.1) is 0 Å². The molecular weight excluding hydrogens is 526 g/mol. The molecule has 224 valence electrons. The first-order valence-electron chi connectivity index (χ1n) is 15.0. The van der Waals surface area contributed by atoms with Crippen molar-refractivity contribution in [2.45, 2.75) is 58.0 Å². The van der Waals surface area contributed by atoms with Crippen LogP contribution in [0.15, 0.2) is 78.9 Å². The Morgan fingerprint density at radius 3 is 2.17 bits per heavy atom. The van der Waals surface area contributed by atoms with Crippen LogP contribution in [0.25, 0.3) is 0 Å². The molecule has 42 heavy (non-hydrogen) atoms. The molecule has 0 aliphatic heterocycles. The van der Waals surface area contributed by atoms with Crippen LogP contribution < -0.4 is 15.1 Å². The van der Waals surface area contributed by atoms with E-state index < -0.39 is 6.04 Å². The number of amides is 2. The maximum Gasteiger partial charge on any atom is 0.414 e. The molecule has 1 aliphatic rings. The zero-order valence-corrected chi connectivity index (χ0v) is 25.3. The molecule has 7 nitrogen and oxygen atoms in total. The van der Waals surface area contributed by atoms with Crippen molar-refractivity contribution in [2.24, 2.45) is 11.8 Å². The molecular formula is C35H45N3O4. The minimum Gasteiger partial charge on any atom is -0.449 e. The predicted molar refractivity (Wildman–Crippen MR) is 169 cm³/mol. The van der Waals surface area contributed by atoms with Crippen molar-refractivity contribution in [3.8, 4) is 0 Å². The van der Waals surface area contributed by atoms with Crippen molar-refractivity contribution >= 4 is 23.4 Å². The average molecular weight is 572 g/mol. The lowest BCUT2D eigenvalue weighted by molar-refractivity contribution is -0.127. The Labute approximate surface area is 250 Å². The molecule has 0 heterocycles. The van der Waals surface area contributed by atoms with E-state index in [1.54, 1.807) is 4.90 Å². The summed E-state index contributed by atoms with van der Waals surface area (Å²) >= 11 is 0. The molecule has 1 saturated carbocycles. The lowest BCUT2D eigenvalue weighted by atomic mass is 9.74. The highest BCUT2D eigenvalue weighted by Crippen LogP contribution is 2.38. The fourth-order valence-corrected chi connectivity index (χ4v) is 5.60. The van der Waals surface area contributed by atoms with Crippen molar-refractivity contribution in [1.29, 1.82) is 0 Å². The molecule has 0 saturated heterocycles. The van der Waals surface area contributed by atoms with E-state index in [1.165, 1.54) is 0 Å². The van der Waals surface area contributed by atoms with Gasteiger partial charge in [-0.25, -0.2) is 4.79 Å². The summed E-state index contributed by atoms with van der Waals surface area (Å²) in [5.41, 5.74) is 4.84. The van der Waals surface area contributed by atoms with Crippen molar-refractivity contribution in [1.82, 2.24) is 5.32 Å². The van der Waals surface area contributed by atoms with Crippen LogP contribution in [0.1, 0.15) is 68.2 Å². The number of ether oxygens (including phenoxy) is 1. The third-order valence-electron chi connectivity index (χ3n) is 7.99. The molecule has 4 rings (SSSR count). The van der Waals surface area contributed by atoms with E-state index in [-0.39, 0.29) is 36.4 Å². The molecule has 1 aliphatic carbocycles. The number of rotatable bonds is 11. The van der Waals surface area contributed by atoms with Gasteiger partial charge in [0.25, 0.3) is 0 Å². The molecule has 0 aromatic heterocycles. The SMILES string of the molecule is CC(C)COC(=O)N(Cc1ccc(C2CCCCC2C(=O)NC(CO)c2ccccc2)cc1)c1ccc(N(C)C)cc1. The number of anilines is 2. The molecule has 3 unspecified atom stereocenters. The molecule has 0 spiro atoms. The lowest BCUT2D eigenvalue weighted by Gasteiger charge is -2.32. The number of benzene rings is 3. The second-order valence-electron chi connectivity index (χ2n) is 11.9. The first kappa shape index (κ1) is 31.1. The largest absolute Gasteiger partial charge is 0.449 e. The maximum absolute atomic E-state index is 13.5. The van der Waals surface area contributed by atoms with Gasteiger partial charge in [-0.05, 0) is 65.6 Å². The second-order valence-corrected chi connectivity index (χ2v) is 11.9. The van der Waals surface area contributed by atoms with Crippen LogP contribution in [0.4, 0.5) is 16.2 Å². The number of nitrogens with zero attached hydrogens (tertiary/aromatic N) is 2. The third kappa shape index (κ3) is 8.13. The van der Waals surface area contributed by atoms with Gasteiger partial charge in [-0.2, -0.15) is 0 Å². The normalized spacial score (nSPS) is 17.4.